The van der Waals surface area contributed by atoms with Crippen molar-refractivity contribution in [2.75, 3.05) is 18.0 Å². The first-order chi connectivity index (χ1) is 12.2. The molecule has 3 rings (SSSR count). The fourth-order valence-corrected chi connectivity index (χ4v) is 2.48. The summed E-state index contributed by atoms with van der Waals surface area (Å²) >= 11 is 0. The van der Waals surface area contributed by atoms with Crippen LogP contribution in [0.5, 0.6) is 0 Å². The number of hydrogen-bond donors (Lipinski definition) is 1. The maximum atomic E-state index is 13.1. The largest absolute Gasteiger partial charge is 0.586 e. The van der Waals surface area contributed by atoms with Crippen molar-refractivity contribution in [3.8, 4) is 0 Å². The van der Waals surface area contributed by atoms with Crippen molar-refractivity contribution in [3.05, 3.63) is 47.7 Å². The Labute approximate surface area is 143 Å². The number of pyridine rings is 1. The molecule has 0 spiro atoms. The van der Waals surface area contributed by atoms with Gasteiger partial charge in [0.2, 0.25) is 5.88 Å². The number of ether oxygens (including phenoxy) is 2. The Balaban J connectivity index is 1.67. The van der Waals surface area contributed by atoms with E-state index in [2.05, 4.69) is 19.8 Å². The van der Waals surface area contributed by atoms with Crippen molar-refractivity contribution >= 4 is 11.7 Å². The lowest BCUT2D eigenvalue weighted by molar-refractivity contribution is -0.334. The Morgan fingerprint density at radius 3 is 2.69 bits per heavy atom. The predicted octanol–water partition coefficient (Wildman–Crippen LogP) is 2.75. The second-order valence-electron chi connectivity index (χ2n) is 5.42. The van der Waals surface area contributed by atoms with E-state index in [4.69, 9.17) is 0 Å². The fourth-order valence-electron chi connectivity index (χ4n) is 2.48. The van der Waals surface area contributed by atoms with Gasteiger partial charge in [-0.1, -0.05) is 6.08 Å². The molecular formula is C15H12F5N3O3. The summed E-state index contributed by atoms with van der Waals surface area (Å²) in [7, 11) is 0. The van der Waals surface area contributed by atoms with Crippen LogP contribution >= 0.6 is 0 Å². The van der Waals surface area contributed by atoms with Crippen LogP contribution in [-0.2, 0) is 20.4 Å². The van der Waals surface area contributed by atoms with Gasteiger partial charge in [-0.3, -0.25) is 10.1 Å². The minimum absolute atomic E-state index is 0.00934. The first kappa shape index (κ1) is 18.0. The number of amides is 1. The van der Waals surface area contributed by atoms with Gasteiger partial charge in [0, 0.05) is 24.9 Å². The van der Waals surface area contributed by atoms with Crippen LogP contribution in [0.3, 0.4) is 0 Å². The highest BCUT2D eigenvalue weighted by Gasteiger charge is 2.41. The molecule has 0 aliphatic carbocycles. The number of anilines is 1. The average Bonchev–Trinajstić information content (AvgIpc) is 2.93. The third-order valence-electron chi connectivity index (χ3n) is 3.66. The van der Waals surface area contributed by atoms with E-state index < -0.39 is 29.8 Å². The Hall–Kier alpha value is -2.85. The zero-order chi connectivity index (χ0) is 18.9. The maximum absolute atomic E-state index is 13.1. The Kier molecular flexibility index (Phi) is 4.46. The molecular weight excluding hydrogens is 365 g/mol. The van der Waals surface area contributed by atoms with Gasteiger partial charge >= 0.3 is 12.5 Å². The molecule has 1 amide bonds. The molecule has 0 saturated carbocycles. The summed E-state index contributed by atoms with van der Waals surface area (Å²) in [6.45, 7) is 0.112. The number of rotatable bonds is 3. The molecule has 0 unspecified atom stereocenters. The summed E-state index contributed by atoms with van der Waals surface area (Å²) in [6, 6.07) is 2.12. The third kappa shape index (κ3) is 3.86. The summed E-state index contributed by atoms with van der Waals surface area (Å²) in [5, 5.41) is 2.11. The average molecular weight is 377 g/mol. The molecule has 6 nitrogen and oxygen atoms in total. The monoisotopic (exact) mass is 377 g/mol. The molecule has 2 aliphatic heterocycles. The quantitative estimate of drug-likeness (QED) is 0.821. The Bertz CT molecular complexity index is 776. The third-order valence-corrected chi connectivity index (χ3v) is 3.66. The van der Waals surface area contributed by atoms with Crippen LogP contribution in [0.15, 0.2) is 42.1 Å². The summed E-state index contributed by atoms with van der Waals surface area (Å²) in [6.07, 6.45) is -5.07. The number of nitrogens with zero attached hydrogens (tertiary/aromatic N) is 2. The normalized spacial score (nSPS) is 19.2. The van der Waals surface area contributed by atoms with Crippen molar-refractivity contribution < 1.29 is 36.2 Å². The van der Waals surface area contributed by atoms with Gasteiger partial charge in [0.05, 0.1) is 5.56 Å². The van der Waals surface area contributed by atoms with E-state index >= 15 is 0 Å². The number of carbonyl (C=O) groups is 1. The zero-order valence-electron chi connectivity index (χ0n) is 13.0. The van der Waals surface area contributed by atoms with Gasteiger partial charge in [-0.05, 0) is 18.6 Å². The summed E-state index contributed by atoms with van der Waals surface area (Å²) in [5.41, 5.74) is -0.643. The van der Waals surface area contributed by atoms with Crippen LogP contribution in [0.25, 0.3) is 0 Å². The second-order valence-corrected chi connectivity index (χ2v) is 5.42. The van der Waals surface area contributed by atoms with E-state index in [1.807, 2.05) is 0 Å². The van der Waals surface area contributed by atoms with Crippen LogP contribution in [0.4, 0.5) is 27.8 Å². The van der Waals surface area contributed by atoms with Crippen molar-refractivity contribution in [2.24, 2.45) is 0 Å². The molecule has 0 saturated heterocycles. The maximum Gasteiger partial charge on any atom is 0.586 e. The molecule has 2 aliphatic rings. The molecule has 0 fully saturated rings. The number of hydrogen-bond acceptors (Lipinski definition) is 5. The summed E-state index contributed by atoms with van der Waals surface area (Å²) in [5.74, 6) is -1.48. The van der Waals surface area contributed by atoms with Crippen molar-refractivity contribution in [1.29, 1.82) is 0 Å². The molecule has 1 N–H and O–H groups in total. The minimum atomic E-state index is -4.55. The van der Waals surface area contributed by atoms with Gasteiger partial charge in [-0.2, -0.15) is 13.2 Å². The molecule has 0 atom stereocenters. The standard InChI is InChI=1S/C15H12F5N3O3/c16-14(17,18)10-2-1-5-21-12(10)23-6-3-9(4-7-23)13(24)22-11-8-25-15(19,20)26-11/h1-3,5,8H,4,6-7H2,(H,22,24). The molecule has 1 aromatic heterocycles. The molecule has 0 aromatic carbocycles. The van der Waals surface area contributed by atoms with E-state index in [9.17, 15) is 26.7 Å². The van der Waals surface area contributed by atoms with E-state index in [0.717, 1.165) is 6.07 Å². The second kappa shape index (κ2) is 6.46. The first-order valence-corrected chi connectivity index (χ1v) is 7.38. The lowest BCUT2D eigenvalue weighted by atomic mass is 10.1. The van der Waals surface area contributed by atoms with E-state index in [1.54, 1.807) is 0 Å². The highest BCUT2D eigenvalue weighted by molar-refractivity contribution is 5.94. The van der Waals surface area contributed by atoms with Crippen LogP contribution in [0.2, 0.25) is 0 Å². The molecule has 26 heavy (non-hydrogen) atoms. The van der Waals surface area contributed by atoms with Gasteiger partial charge in [0.15, 0.2) is 6.26 Å². The van der Waals surface area contributed by atoms with Crippen LogP contribution < -0.4 is 10.2 Å². The van der Waals surface area contributed by atoms with Crippen molar-refractivity contribution in [3.63, 3.8) is 0 Å². The molecule has 1 aromatic rings. The van der Waals surface area contributed by atoms with E-state index in [1.165, 1.54) is 23.2 Å². The number of alkyl halides is 5. The molecule has 0 radical (unpaired) electrons. The predicted molar refractivity (Wildman–Crippen MR) is 77.5 cm³/mol. The number of carbonyl (C=O) groups excluding carboxylic acids is 1. The topological polar surface area (TPSA) is 63.7 Å². The van der Waals surface area contributed by atoms with Crippen molar-refractivity contribution in [1.82, 2.24) is 10.3 Å². The minimum Gasteiger partial charge on any atom is -0.402 e. The van der Waals surface area contributed by atoms with Gasteiger partial charge in [-0.25, -0.2) is 4.98 Å². The van der Waals surface area contributed by atoms with Gasteiger partial charge in [0.1, 0.15) is 5.82 Å². The van der Waals surface area contributed by atoms with Crippen LogP contribution in [-0.4, -0.2) is 30.3 Å². The lowest BCUT2D eigenvalue weighted by Gasteiger charge is -2.29. The number of halogens is 5. The SMILES string of the molecule is O=C(NC1=COC(F)(F)O1)C1=CCN(c2ncccc2C(F)(F)F)CC1. The Morgan fingerprint density at radius 1 is 1.35 bits per heavy atom. The summed E-state index contributed by atoms with van der Waals surface area (Å²) in [4.78, 5) is 17.2. The lowest BCUT2D eigenvalue weighted by Crippen LogP contribution is -2.35. The summed E-state index contributed by atoms with van der Waals surface area (Å²) < 4.78 is 72.5. The van der Waals surface area contributed by atoms with Crippen molar-refractivity contribution in [2.45, 2.75) is 18.9 Å². The fraction of sp³-hybridized carbons (Fsp3) is 0.333. The van der Waals surface area contributed by atoms with E-state index in [-0.39, 0.29) is 30.9 Å². The molecule has 0 bridgehead atoms. The zero-order valence-corrected chi connectivity index (χ0v) is 13.0. The molecule has 3 heterocycles. The highest BCUT2D eigenvalue weighted by atomic mass is 19.4. The van der Waals surface area contributed by atoms with Gasteiger partial charge in [-0.15, -0.1) is 8.78 Å². The smallest absolute Gasteiger partial charge is 0.402 e. The van der Waals surface area contributed by atoms with Crippen LogP contribution in [0.1, 0.15) is 12.0 Å². The molecule has 140 valence electrons. The van der Waals surface area contributed by atoms with Gasteiger partial charge < -0.3 is 14.4 Å². The highest BCUT2D eigenvalue weighted by Crippen LogP contribution is 2.36. The number of aromatic nitrogens is 1. The van der Waals surface area contributed by atoms with E-state index in [0.29, 0.717) is 6.26 Å². The van der Waals surface area contributed by atoms with Crippen LogP contribution in [0, 0.1) is 0 Å². The van der Waals surface area contributed by atoms with Gasteiger partial charge in [0.25, 0.3) is 5.91 Å². The number of nitrogens with one attached hydrogen (secondary N) is 1. The molecule has 11 heteroatoms. The first-order valence-electron chi connectivity index (χ1n) is 7.38. The Morgan fingerprint density at radius 2 is 2.12 bits per heavy atom.